The number of methoxy groups -OCH3 is 1. The largest absolute Gasteiger partial charge is 0.495 e. The SMILES string of the molecule is COc1ccccc1NC(=O)[C@@H](C)OC(=O)[C@H]1CC(=O)N(c2ccc3c(c2)OCCO3)C1. The summed E-state index contributed by atoms with van der Waals surface area (Å²) in [4.78, 5) is 39.2. The van der Waals surface area contributed by atoms with Gasteiger partial charge in [-0.2, -0.15) is 0 Å². The number of hydrogen-bond donors (Lipinski definition) is 1. The van der Waals surface area contributed by atoms with Gasteiger partial charge >= 0.3 is 5.97 Å². The topological polar surface area (TPSA) is 103 Å². The van der Waals surface area contributed by atoms with Gasteiger partial charge < -0.3 is 29.2 Å². The number of nitrogens with zero attached hydrogens (tertiary/aromatic N) is 1. The summed E-state index contributed by atoms with van der Waals surface area (Å²) >= 11 is 0. The Bertz CT molecular complexity index is 1040. The van der Waals surface area contributed by atoms with E-state index in [1.165, 1.54) is 18.9 Å². The van der Waals surface area contributed by atoms with Crippen molar-refractivity contribution in [1.29, 1.82) is 0 Å². The molecule has 1 saturated heterocycles. The first-order valence-electron chi connectivity index (χ1n) is 10.3. The van der Waals surface area contributed by atoms with Gasteiger partial charge in [0.15, 0.2) is 17.6 Å². The third-order valence-electron chi connectivity index (χ3n) is 5.32. The van der Waals surface area contributed by atoms with E-state index < -0.39 is 23.9 Å². The quantitative estimate of drug-likeness (QED) is 0.688. The molecule has 9 heteroatoms. The predicted octanol–water partition coefficient (Wildman–Crippen LogP) is 2.39. The molecular formula is C23H24N2O7. The summed E-state index contributed by atoms with van der Waals surface area (Å²) < 4.78 is 21.6. The lowest BCUT2D eigenvalue weighted by molar-refractivity contribution is -0.157. The molecule has 2 aliphatic rings. The second kappa shape index (κ2) is 9.17. The van der Waals surface area contributed by atoms with Crippen molar-refractivity contribution in [2.45, 2.75) is 19.4 Å². The van der Waals surface area contributed by atoms with E-state index in [0.717, 1.165) is 0 Å². The van der Waals surface area contributed by atoms with E-state index in [4.69, 9.17) is 18.9 Å². The number of benzene rings is 2. The Labute approximate surface area is 185 Å². The number of nitrogens with one attached hydrogen (secondary N) is 1. The molecular weight excluding hydrogens is 416 g/mol. The zero-order valence-corrected chi connectivity index (χ0v) is 17.8. The van der Waals surface area contributed by atoms with Gasteiger partial charge in [-0.1, -0.05) is 12.1 Å². The van der Waals surface area contributed by atoms with Crippen LogP contribution in [-0.4, -0.2) is 50.8 Å². The summed E-state index contributed by atoms with van der Waals surface area (Å²) in [6, 6.07) is 12.2. The molecule has 0 aliphatic carbocycles. The van der Waals surface area contributed by atoms with E-state index in [2.05, 4.69) is 5.32 Å². The molecule has 2 aromatic rings. The molecule has 0 radical (unpaired) electrons. The molecule has 1 fully saturated rings. The number of amides is 2. The van der Waals surface area contributed by atoms with Crippen molar-refractivity contribution < 1.29 is 33.3 Å². The van der Waals surface area contributed by atoms with Crippen LogP contribution in [0.2, 0.25) is 0 Å². The minimum Gasteiger partial charge on any atom is -0.495 e. The molecule has 2 aromatic carbocycles. The molecule has 0 unspecified atom stereocenters. The van der Waals surface area contributed by atoms with Gasteiger partial charge in [0.1, 0.15) is 19.0 Å². The summed E-state index contributed by atoms with van der Waals surface area (Å²) in [5.41, 5.74) is 1.10. The Hall–Kier alpha value is -3.75. The van der Waals surface area contributed by atoms with Gasteiger partial charge in [0.25, 0.3) is 5.91 Å². The van der Waals surface area contributed by atoms with Gasteiger partial charge in [0, 0.05) is 24.7 Å². The number of anilines is 2. The van der Waals surface area contributed by atoms with Gasteiger partial charge in [-0.25, -0.2) is 0 Å². The Morgan fingerprint density at radius 3 is 2.66 bits per heavy atom. The van der Waals surface area contributed by atoms with Crippen LogP contribution in [0.5, 0.6) is 17.2 Å². The van der Waals surface area contributed by atoms with Gasteiger partial charge in [0.05, 0.1) is 18.7 Å². The average molecular weight is 440 g/mol. The highest BCUT2D eigenvalue weighted by molar-refractivity contribution is 6.00. The van der Waals surface area contributed by atoms with Crippen molar-refractivity contribution in [2.24, 2.45) is 5.92 Å². The fourth-order valence-electron chi connectivity index (χ4n) is 3.62. The summed E-state index contributed by atoms with van der Waals surface area (Å²) in [5, 5.41) is 2.69. The molecule has 0 bridgehead atoms. The molecule has 4 rings (SSSR count). The van der Waals surface area contributed by atoms with Crippen LogP contribution in [0.1, 0.15) is 13.3 Å². The number of hydrogen-bond acceptors (Lipinski definition) is 7. The number of rotatable bonds is 6. The normalized spacial score (nSPS) is 18.1. The fourth-order valence-corrected chi connectivity index (χ4v) is 3.62. The summed E-state index contributed by atoms with van der Waals surface area (Å²) in [6.07, 6.45) is -1.03. The third-order valence-corrected chi connectivity index (χ3v) is 5.32. The Morgan fingerprint density at radius 1 is 1.12 bits per heavy atom. The maximum absolute atomic E-state index is 12.6. The van der Waals surface area contributed by atoms with Crippen molar-refractivity contribution in [2.75, 3.05) is 37.1 Å². The highest BCUT2D eigenvalue weighted by atomic mass is 16.6. The van der Waals surface area contributed by atoms with Crippen LogP contribution < -0.4 is 24.4 Å². The number of carbonyl (C=O) groups is 3. The third kappa shape index (κ3) is 4.46. The fraction of sp³-hybridized carbons (Fsp3) is 0.348. The van der Waals surface area contributed by atoms with Gasteiger partial charge in [-0.15, -0.1) is 0 Å². The number of esters is 1. The van der Waals surface area contributed by atoms with Crippen LogP contribution in [-0.2, 0) is 19.1 Å². The Kier molecular flexibility index (Phi) is 6.16. The molecule has 2 amide bonds. The van der Waals surface area contributed by atoms with Gasteiger partial charge in [0.2, 0.25) is 5.91 Å². The van der Waals surface area contributed by atoms with Crippen molar-refractivity contribution in [1.82, 2.24) is 0 Å². The zero-order chi connectivity index (χ0) is 22.7. The van der Waals surface area contributed by atoms with Crippen molar-refractivity contribution >= 4 is 29.2 Å². The lowest BCUT2D eigenvalue weighted by Crippen LogP contribution is -2.33. The molecule has 2 aliphatic heterocycles. The molecule has 2 atom stereocenters. The second-order valence-electron chi connectivity index (χ2n) is 7.50. The number of para-hydroxylation sites is 2. The molecule has 168 valence electrons. The lowest BCUT2D eigenvalue weighted by Gasteiger charge is -2.22. The average Bonchev–Trinajstić information content (AvgIpc) is 3.20. The maximum Gasteiger partial charge on any atom is 0.312 e. The van der Waals surface area contributed by atoms with Crippen LogP contribution in [0, 0.1) is 5.92 Å². The van der Waals surface area contributed by atoms with E-state index in [-0.39, 0.29) is 18.9 Å². The molecule has 2 heterocycles. The first kappa shape index (κ1) is 21.5. The maximum atomic E-state index is 12.6. The van der Waals surface area contributed by atoms with E-state index in [1.807, 2.05) is 0 Å². The van der Waals surface area contributed by atoms with Crippen LogP contribution in [0.3, 0.4) is 0 Å². The summed E-state index contributed by atoms with van der Waals surface area (Å²) in [5.74, 6) is -0.272. The van der Waals surface area contributed by atoms with Crippen LogP contribution in [0.4, 0.5) is 11.4 Å². The molecule has 32 heavy (non-hydrogen) atoms. The molecule has 0 aromatic heterocycles. The number of fused-ring (bicyclic) bond motifs is 1. The van der Waals surface area contributed by atoms with Crippen molar-refractivity contribution in [3.8, 4) is 17.2 Å². The van der Waals surface area contributed by atoms with E-state index in [1.54, 1.807) is 42.5 Å². The second-order valence-corrected chi connectivity index (χ2v) is 7.50. The minimum absolute atomic E-state index is 0.00806. The van der Waals surface area contributed by atoms with E-state index in [9.17, 15) is 14.4 Å². The standard InChI is InChI=1S/C23H24N2O7/c1-14(22(27)24-17-5-3-4-6-18(17)29-2)32-23(28)15-11-21(26)25(13-15)16-7-8-19-20(12-16)31-10-9-30-19/h3-8,12,14-15H,9-11,13H2,1-2H3,(H,24,27)/t14-,15+/m1/s1. The molecule has 9 nitrogen and oxygen atoms in total. The molecule has 0 spiro atoms. The van der Waals surface area contributed by atoms with E-state index >= 15 is 0 Å². The highest BCUT2D eigenvalue weighted by Gasteiger charge is 2.37. The lowest BCUT2D eigenvalue weighted by atomic mass is 10.1. The zero-order valence-electron chi connectivity index (χ0n) is 17.8. The predicted molar refractivity (Wildman–Crippen MR) is 115 cm³/mol. The first-order valence-corrected chi connectivity index (χ1v) is 10.3. The highest BCUT2D eigenvalue weighted by Crippen LogP contribution is 2.36. The van der Waals surface area contributed by atoms with Gasteiger partial charge in [-0.3, -0.25) is 14.4 Å². The molecule has 0 saturated carbocycles. The first-order chi connectivity index (χ1) is 15.5. The van der Waals surface area contributed by atoms with E-state index in [0.29, 0.717) is 41.8 Å². The summed E-state index contributed by atoms with van der Waals surface area (Å²) in [7, 11) is 1.50. The Morgan fingerprint density at radius 2 is 1.88 bits per heavy atom. The van der Waals surface area contributed by atoms with Crippen LogP contribution in [0.15, 0.2) is 42.5 Å². The number of ether oxygens (including phenoxy) is 4. The minimum atomic E-state index is -1.04. The summed E-state index contributed by atoms with van der Waals surface area (Å²) in [6.45, 7) is 2.57. The monoisotopic (exact) mass is 440 g/mol. The molecule has 1 N–H and O–H groups in total. The van der Waals surface area contributed by atoms with Crippen LogP contribution >= 0.6 is 0 Å². The Balaban J connectivity index is 1.36. The van der Waals surface area contributed by atoms with Crippen LogP contribution in [0.25, 0.3) is 0 Å². The van der Waals surface area contributed by atoms with Gasteiger partial charge in [-0.05, 0) is 31.2 Å². The van der Waals surface area contributed by atoms with Crippen molar-refractivity contribution in [3.63, 3.8) is 0 Å². The smallest absolute Gasteiger partial charge is 0.312 e. The van der Waals surface area contributed by atoms with Crippen molar-refractivity contribution in [3.05, 3.63) is 42.5 Å². The number of carbonyl (C=O) groups excluding carboxylic acids is 3.